The van der Waals surface area contributed by atoms with Crippen LogP contribution >= 0.6 is 0 Å². The molecule has 0 unspecified atom stereocenters. The Hall–Kier alpha value is -2.68. The third-order valence-electron chi connectivity index (χ3n) is 6.47. The van der Waals surface area contributed by atoms with Crippen LogP contribution in [0.2, 0.25) is 0 Å². The van der Waals surface area contributed by atoms with Crippen LogP contribution in [0.15, 0.2) is 27.9 Å². The first-order chi connectivity index (χ1) is 14.5. The number of nitrogens with zero attached hydrogens (tertiary/aromatic N) is 3. The summed E-state index contributed by atoms with van der Waals surface area (Å²) in [4.78, 5) is 40.3. The van der Waals surface area contributed by atoms with Gasteiger partial charge in [0.1, 0.15) is 0 Å². The number of carbonyl (C=O) groups excluding carboxylic acids is 3. The second-order valence-electron chi connectivity index (χ2n) is 8.50. The van der Waals surface area contributed by atoms with Crippen molar-refractivity contribution in [2.24, 2.45) is 10.5 Å². The molecule has 0 bridgehead atoms. The van der Waals surface area contributed by atoms with Crippen LogP contribution in [0.1, 0.15) is 55.5 Å². The molecule has 0 aromatic carbocycles. The van der Waals surface area contributed by atoms with Gasteiger partial charge in [-0.1, -0.05) is 0 Å². The SMILES string of the molecule is O=C1CCC(CCC(=O)N2CC[C@H](O)[C@@]3(CCCN(C(=O)c4ccco4)C3)C2)=NN1. The number of furan rings is 1. The molecule has 30 heavy (non-hydrogen) atoms. The molecule has 3 aliphatic heterocycles. The summed E-state index contributed by atoms with van der Waals surface area (Å²) in [7, 11) is 0. The zero-order valence-corrected chi connectivity index (χ0v) is 17.0. The van der Waals surface area contributed by atoms with Crippen molar-refractivity contribution in [2.45, 2.75) is 51.0 Å². The zero-order valence-electron chi connectivity index (χ0n) is 17.0. The summed E-state index contributed by atoms with van der Waals surface area (Å²) in [5.41, 5.74) is 2.79. The zero-order chi connectivity index (χ0) is 21.1. The number of hydrogen-bond donors (Lipinski definition) is 2. The quantitative estimate of drug-likeness (QED) is 0.764. The largest absolute Gasteiger partial charge is 0.459 e. The minimum absolute atomic E-state index is 0.0235. The van der Waals surface area contributed by atoms with Crippen molar-refractivity contribution in [1.82, 2.24) is 15.2 Å². The lowest BCUT2D eigenvalue weighted by molar-refractivity contribution is -0.142. The summed E-state index contributed by atoms with van der Waals surface area (Å²) in [6, 6.07) is 3.33. The summed E-state index contributed by atoms with van der Waals surface area (Å²) >= 11 is 0. The van der Waals surface area contributed by atoms with Gasteiger partial charge in [0.25, 0.3) is 5.91 Å². The normalized spacial score (nSPS) is 27.0. The number of hydrazone groups is 1. The molecule has 3 amide bonds. The highest BCUT2D eigenvalue weighted by molar-refractivity contribution is 5.94. The number of amides is 3. The standard InChI is InChI=1S/C21H28N4O5/c26-17-8-11-24(19(28)7-5-15-4-6-18(27)23-22-15)13-21(17)9-2-10-25(14-21)20(29)16-3-1-12-30-16/h1,3,12,17,26H,2,4-11,13-14H2,(H,23,27)/t17-,21-/m0/s1. The maximum Gasteiger partial charge on any atom is 0.289 e. The monoisotopic (exact) mass is 416 g/mol. The Bertz CT molecular complexity index is 836. The van der Waals surface area contributed by atoms with Crippen molar-refractivity contribution in [3.8, 4) is 0 Å². The topological polar surface area (TPSA) is 115 Å². The number of aliphatic hydroxyl groups excluding tert-OH is 1. The van der Waals surface area contributed by atoms with Crippen LogP contribution < -0.4 is 5.43 Å². The predicted octanol–water partition coefficient (Wildman–Crippen LogP) is 1.14. The van der Waals surface area contributed by atoms with Crippen LogP contribution in [-0.2, 0) is 9.59 Å². The van der Waals surface area contributed by atoms with E-state index in [0.717, 1.165) is 18.6 Å². The van der Waals surface area contributed by atoms with E-state index in [1.54, 1.807) is 17.0 Å². The highest BCUT2D eigenvalue weighted by atomic mass is 16.3. The number of aliphatic hydroxyl groups is 1. The van der Waals surface area contributed by atoms with Gasteiger partial charge in [-0.25, -0.2) is 5.43 Å². The van der Waals surface area contributed by atoms with E-state index in [2.05, 4.69) is 10.5 Å². The number of likely N-dealkylation sites (tertiary alicyclic amines) is 2. The fourth-order valence-corrected chi connectivity index (χ4v) is 4.75. The molecule has 9 heteroatoms. The van der Waals surface area contributed by atoms with E-state index in [1.807, 2.05) is 4.90 Å². The van der Waals surface area contributed by atoms with Crippen LogP contribution in [-0.4, -0.2) is 70.6 Å². The van der Waals surface area contributed by atoms with Gasteiger partial charge in [-0.05, 0) is 44.2 Å². The molecule has 2 atom stereocenters. The van der Waals surface area contributed by atoms with E-state index in [4.69, 9.17) is 4.42 Å². The molecule has 9 nitrogen and oxygen atoms in total. The van der Waals surface area contributed by atoms with Crippen molar-refractivity contribution in [2.75, 3.05) is 26.2 Å². The first-order valence-electron chi connectivity index (χ1n) is 10.6. The fraction of sp³-hybridized carbons (Fsp3) is 0.619. The molecule has 4 heterocycles. The molecule has 0 saturated carbocycles. The average Bonchev–Trinajstić information content (AvgIpc) is 3.30. The van der Waals surface area contributed by atoms with E-state index >= 15 is 0 Å². The van der Waals surface area contributed by atoms with Crippen LogP contribution in [0.3, 0.4) is 0 Å². The Morgan fingerprint density at radius 3 is 2.83 bits per heavy atom. The molecule has 2 fully saturated rings. The summed E-state index contributed by atoms with van der Waals surface area (Å²) in [6.45, 7) is 1.99. The smallest absolute Gasteiger partial charge is 0.289 e. The minimum Gasteiger partial charge on any atom is -0.459 e. The predicted molar refractivity (Wildman–Crippen MR) is 108 cm³/mol. The lowest BCUT2D eigenvalue weighted by Crippen LogP contribution is -2.60. The fourth-order valence-electron chi connectivity index (χ4n) is 4.75. The van der Waals surface area contributed by atoms with Gasteiger partial charge in [-0.15, -0.1) is 0 Å². The summed E-state index contributed by atoms with van der Waals surface area (Å²) in [5.74, 6) is 0.0519. The molecule has 1 spiro atoms. The average molecular weight is 416 g/mol. The molecule has 3 aliphatic rings. The highest BCUT2D eigenvalue weighted by Crippen LogP contribution is 2.39. The molecule has 4 rings (SSSR count). The van der Waals surface area contributed by atoms with Crippen molar-refractivity contribution in [3.63, 3.8) is 0 Å². The van der Waals surface area contributed by atoms with Gasteiger partial charge in [0.05, 0.1) is 12.4 Å². The molecule has 1 aromatic rings. The third kappa shape index (κ3) is 4.26. The van der Waals surface area contributed by atoms with Crippen LogP contribution in [0.25, 0.3) is 0 Å². The van der Waals surface area contributed by atoms with Gasteiger partial charge in [-0.2, -0.15) is 5.10 Å². The number of nitrogens with one attached hydrogen (secondary N) is 1. The Labute approximate surface area is 175 Å². The third-order valence-corrected chi connectivity index (χ3v) is 6.47. The van der Waals surface area contributed by atoms with Gasteiger partial charge in [0, 0.05) is 50.1 Å². The van der Waals surface area contributed by atoms with Crippen molar-refractivity contribution >= 4 is 23.4 Å². The van der Waals surface area contributed by atoms with Crippen molar-refractivity contribution < 1.29 is 23.9 Å². The number of rotatable bonds is 4. The van der Waals surface area contributed by atoms with E-state index in [9.17, 15) is 19.5 Å². The maximum atomic E-state index is 12.8. The maximum absolute atomic E-state index is 12.8. The van der Waals surface area contributed by atoms with Crippen LogP contribution in [0.5, 0.6) is 0 Å². The minimum atomic E-state index is -0.549. The first kappa shape index (κ1) is 20.6. The Morgan fingerprint density at radius 1 is 1.27 bits per heavy atom. The lowest BCUT2D eigenvalue weighted by atomic mass is 9.71. The van der Waals surface area contributed by atoms with E-state index in [1.165, 1.54) is 6.26 Å². The van der Waals surface area contributed by atoms with Gasteiger partial charge < -0.3 is 19.3 Å². The van der Waals surface area contributed by atoms with Crippen LogP contribution in [0, 0.1) is 5.41 Å². The first-order valence-corrected chi connectivity index (χ1v) is 10.6. The summed E-state index contributed by atoms with van der Waals surface area (Å²) in [6.07, 6.45) is 4.84. The number of hydrogen-bond acceptors (Lipinski definition) is 6. The molecule has 162 valence electrons. The van der Waals surface area contributed by atoms with Gasteiger partial charge in [0.2, 0.25) is 11.8 Å². The highest BCUT2D eigenvalue weighted by Gasteiger charge is 2.47. The Kier molecular flexibility index (Phi) is 5.90. The Morgan fingerprint density at radius 2 is 2.10 bits per heavy atom. The van der Waals surface area contributed by atoms with Crippen molar-refractivity contribution in [1.29, 1.82) is 0 Å². The van der Waals surface area contributed by atoms with Gasteiger partial charge in [0.15, 0.2) is 5.76 Å². The molecule has 0 radical (unpaired) electrons. The van der Waals surface area contributed by atoms with E-state index in [0.29, 0.717) is 64.0 Å². The van der Waals surface area contributed by atoms with Crippen LogP contribution in [0.4, 0.5) is 0 Å². The second-order valence-corrected chi connectivity index (χ2v) is 8.50. The van der Waals surface area contributed by atoms with E-state index in [-0.39, 0.29) is 17.7 Å². The molecule has 0 aliphatic carbocycles. The number of piperidine rings is 2. The van der Waals surface area contributed by atoms with Gasteiger partial charge >= 0.3 is 0 Å². The molecular formula is C21H28N4O5. The summed E-state index contributed by atoms with van der Waals surface area (Å²) < 4.78 is 5.25. The molecule has 2 saturated heterocycles. The number of carbonyl (C=O) groups is 3. The van der Waals surface area contributed by atoms with Gasteiger partial charge in [-0.3, -0.25) is 14.4 Å². The molecular weight excluding hydrogens is 388 g/mol. The summed E-state index contributed by atoms with van der Waals surface area (Å²) in [5, 5.41) is 14.8. The Balaban J connectivity index is 1.39. The molecule has 2 N–H and O–H groups in total. The van der Waals surface area contributed by atoms with Crippen molar-refractivity contribution in [3.05, 3.63) is 24.2 Å². The van der Waals surface area contributed by atoms with E-state index < -0.39 is 11.5 Å². The second kappa shape index (κ2) is 8.59. The lowest BCUT2D eigenvalue weighted by Gasteiger charge is -2.51. The molecule has 1 aromatic heterocycles.